The van der Waals surface area contributed by atoms with E-state index < -0.39 is 11.8 Å². The van der Waals surface area contributed by atoms with Crippen molar-refractivity contribution in [3.05, 3.63) is 51.2 Å². The highest BCUT2D eigenvalue weighted by Crippen LogP contribution is 2.23. The molecule has 24 heavy (non-hydrogen) atoms. The average molecular weight is 366 g/mol. The van der Waals surface area contributed by atoms with Crippen molar-refractivity contribution in [1.29, 1.82) is 0 Å². The number of benzene rings is 1. The van der Waals surface area contributed by atoms with E-state index in [1.165, 1.54) is 11.3 Å². The lowest BCUT2D eigenvalue weighted by atomic mass is 10.2. The summed E-state index contributed by atoms with van der Waals surface area (Å²) in [5.74, 6) is -1.14. The first-order valence-corrected chi connectivity index (χ1v) is 8.41. The third-order valence-corrected chi connectivity index (χ3v) is 4.46. The first-order chi connectivity index (χ1) is 11.5. The zero-order chi connectivity index (χ0) is 17.5. The molecule has 8 heteroatoms. The molecule has 6 nitrogen and oxygen atoms in total. The Kier molecular flexibility index (Phi) is 6.34. The van der Waals surface area contributed by atoms with Crippen molar-refractivity contribution in [2.45, 2.75) is 19.8 Å². The molecule has 0 atom stereocenters. The van der Waals surface area contributed by atoms with Crippen LogP contribution >= 0.6 is 22.9 Å². The van der Waals surface area contributed by atoms with E-state index in [2.05, 4.69) is 16.2 Å². The lowest BCUT2D eigenvalue weighted by Crippen LogP contribution is -2.41. The van der Waals surface area contributed by atoms with Crippen LogP contribution in [-0.2, 0) is 9.59 Å². The molecule has 3 N–H and O–H groups in total. The molecule has 0 unspecified atom stereocenters. The summed E-state index contributed by atoms with van der Waals surface area (Å²) in [6.07, 6.45) is -0.0528. The minimum absolute atomic E-state index is 0.00728. The molecule has 1 aromatic carbocycles. The SMILES string of the molecule is Cc1c(Cl)cccc1NC(=O)CCC(=O)NNC(=O)c1cccs1. The molecular weight excluding hydrogens is 350 g/mol. The van der Waals surface area contributed by atoms with Gasteiger partial charge in [-0.1, -0.05) is 23.7 Å². The number of anilines is 1. The van der Waals surface area contributed by atoms with Gasteiger partial charge in [-0.15, -0.1) is 11.3 Å². The van der Waals surface area contributed by atoms with Crippen molar-refractivity contribution in [3.63, 3.8) is 0 Å². The molecule has 0 aliphatic carbocycles. The van der Waals surface area contributed by atoms with Crippen LogP contribution < -0.4 is 16.2 Å². The third kappa shape index (κ3) is 5.07. The number of thiophene rings is 1. The van der Waals surface area contributed by atoms with Crippen LogP contribution in [0, 0.1) is 6.92 Å². The van der Waals surface area contributed by atoms with E-state index >= 15 is 0 Å². The van der Waals surface area contributed by atoms with Gasteiger partial charge in [0.15, 0.2) is 0 Å². The fraction of sp³-hybridized carbons (Fsp3) is 0.188. The lowest BCUT2D eigenvalue weighted by molar-refractivity contribution is -0.124. The molecule has 0 saturated heterocycles. The predicted molar refractivity (Wildman–Crippen MR) is 94.0 cm³/mol. The number of nitrogens with one attached hydrogen (secondary N) is 3. The van der Waals surface area contributed by atoms with Crippen molar-refractivity contribution in [2.75, 3.05) is 5.32 Å². The normalized spacial score (nSPS) is 10.1. The second-order valence-electron chi connectivity index (χ2n) is 4.94. The van der Waals surface area contributed by atoms with E-state index in [1.807, 2.05) is 0 Å². The van der Waals surface area contributed by atoms with Gasteiger partial charge < -0.3 is 5.32 Å². The fourth-order valence-electron chi connectivity index (χ4n) is 1.84. The Balaban J connectivity index is 1.74. The van der Waals surface area contributed by atoms with Crippen molar-refractivity contribution < 1.29 is 14.4 Å². The highest BCUT2D eigenvalue weighted by molar-refractivity contribution is 7.12. The molecule has 0 radical (unpaired) electrons. The van der Waals surface area contributed by atoms with Gasteiger partial charge in [0.25, 0.3) is 5.91 Å². The van der Waals surface area contributed by atoms with Gasteiger partial charge in [-0.25, -0.2) is 0 Å². The summed E-state index contributed by atoms with van der Waals surface area (Å²) >= 11 is 7.25. The molecule has 2 rings (SSSR count). The number of rotatable bonds is 5. The minimum atomic E-state index is -0.446. The number of carbonyl (C=O) groups excluding carboxylic acids is 3. The quantitative estimate of drug-likeness (QED) is 0.712. The molecule has 2 aromatic rings. The van der Waals surface area contributed by atoms with Crippen LogP contribution in [0.2, 0.25) is 5.02 Å². The summed E-state index contributed by atoms with van der Waals surface area (Å²) in [5, 5.41) is 5.02. The number of carbonyl (C=O) groups is 3. The second kappa shape index (κ2) is 8.47. The fourth-order valence-corrected chi connectivity index (χ4v) is 2.63. The molecule has 3 amide bonds. The Morgan fingerprint density at radius 1 is 1.04 bits per heavy atom. The standard InChI is InChI=1S/C16H16ClN3O3S/c1-10-11(17)4-2-5-12(10)18-14(21)7-8-15(22)19-20-16(23)13-6-3-9-24-13/h2-6,9H,7-8H2,1H3,(H,18,21)(H,19,22)(H,20,23). The molecule has 0 aliphatic heterocycles. The molecule has 126 valence electrons. The van der Waals surface area contributed by atoms with Gasteiger partial charge in [0.2, 0.25) is 11.8 Å². The van der Waals surface area contributed by atoms with E-state index in [0.29, 0.717) is 15.6 Å². The summed E-state index contributed by atoms with van der Waals surface area (Å²) in [7, 11) is 0. The topological polar surface area (TPSA) is 87.3 Å². The van der Waals surface area contributed by atoms with E-state index in [4.69, 9.17) is 11.6 Å². The number of hydrazine groups is 1. The largest absolute Gasteiger partial charge is 0.326 e. The van der Waals surface area contributed by atoms with Crippen LogP contribution in [0.25, 0.3) is 0 Å². The predicted octanol–water partition coefficient (Wildman–Crippen LogP) is 2.89. The maximum Gasteiger partial charge on any atom is 0.279 e. The second-order valence-corrected chi connectivity index (χ2v) is 6.30. The van der Waals surface area contributed by atoms with Gasteiger partial charge in [-0.3, -0.25) is 25.2 Å². The molecule has 1 aromatic heterocycles. The molecule has 1 heterocycles. The molecule has 0 bridgehead atoms. The van der Waals surface area contributed by atoms with E-state index in [0.717, 1.165) is 5.56 Å². The molecule has 0 fully saturated rings. The van der Waals surface area contributed by atoms with Crippen LogP contribution in [0.4, 0.5) is 5.69 Å². The third-order valence-electron chi connectivity index (χ3n) is 3.18. The van der Waals surface area contributed by atoms with Crippen molar-refractivity contribution >= 4 is 46.3 Å². The summed E-state index contributed by atoms with van der Waals surface area (Å²) < 4.78 is 0. The van der Waals surface area contributed by atoms with Crippen molar-refractivity contribution in [1.82, 2.24) is 10.9 Å². The number of amides is 3. The maximum atomic E-state index is 11.9. The Morgan fingerprint density at radius 3 is 2.50 bits per heavy atom. The summed E-state index contributed by atoms with van der Waals surface area (Å²) in [6.45, 7) is 1.80. The molecule has 0 aliphatic rings. The minimum Gasteiger partial charge on any atom is -0.326 e. The van der Waals surface area contributed by atoms with Gasteiger partial charge in [0.05, 0.1) is 4.88 Å². The Bertz CT molecular complexity index is 747. The van der Waals surface area contributed by atoms with E-state index in [-0.39, 0.29) is 18.7 Å². The number of hydrogen-bond acceptors (Lipinski definition) is 4. The Hall–Kier alpha value is -2.38. The van der Waals surface area contributed by atoms with Crippen molar-refractivity contribution in [2.24, 2.45) is 0 Å². The highest BCUT2D eigenvalue weighted by atomic mass is 35.5. The number of hydrogen-bond donors (Lipinski definition) is 3. The zero-order valence-electron chi connectivity index (χ0n) is 12.9. The first-order valence-electron chi connectivity index (χ1n) is 7.15. The van der Waals surface area contributed by atoms with Gasteiger partial charge in [-0.2, -0.15) is 0 Å². The van der Waals surface area contributed by atoms with Crippen LogP contribution in [0.3, 0.4) is 0 Å². The van der Waals surface area contributed by atoms with Crippen molar-refractivity contribution in [3.8, 4) is 0 Å². The van der Waals surface area contributed by atoms with Gasteiger partial charge in [0, 0.05) is 23.6 Å². The van der Waals surface area contributed by atoms with Crippen LogP contribution in [0.15, 0.2) is 35.7 Å². The smallest absolute Gasteiger partial charge is 0.279 e. The Labute approximate surface area is 148 Å². The van der Waals surface area contributed by atoms with E-state index in [1.54, 1.807) is 42.6 Å². The van der Waals surface area contributed by atoms with Gasteiger partial charge in [0.1, 0.15) is 0 Å². The zero-order valence-corrected chi connectivity index (χ0v) is 14.5. The summed E-state index contributed by atoms with van der Waals surface area (Å²) in [5.41, 5.74) is 5.95. The maximum absolute atomic E-state index is 11.9. The first kappa shape index (κ1) is 18.0. The molecule has 0 saturated carbocycles. The Morgan fingerprint density at radius 2 is 1.79 bits per heavy atom. The highest BCUT2D eigenvalue weighted by Gasteiger charge is 2.11. The van der Waals surface area contributed by atoms with Gasteiger partial charge >= 0.3 is 0 Å². The number of halogens is 1. The molecule has 0 spiro atoms. The van der Waals surface area contributed by atoms with Gasteiger partial charge in [-0.05, 0) is 36.1 Å². The monoisotopic (exact) mass is 365 g/mol. The average Bonchev–Trinajstić information content (AvgIpc) is 3.09. The summed E-state index contributed by atoms with van der Waals surface area (Å²) in [6, 6.07) is 8.59. The molecular formula is C16H16ClN3O3S. The summed E-state index contributed by atoms with van der Waals surface area (Å²) in [4.78, 5) is 35.7. The van der Waals surface area contributed by atoms with E-state index in [9.17, 15) is 14.4 Å². The lowest BCUT2D eigenvalue weighted by Gasteiger charge is -2.10. The van der Waals surface area contributed by atoms with Crippen LogP contribution in [0.5, 0.6) is 0 Å². The van der Waals surface area contributed by atoms with Crippen LogP contribution in [0.1, 0.15) is 28.1 Å². The van der Waals surface area contributed by atoms with Crippen LogP contribution in [-0.4, -0.2) is 17.7 Å².